The zero-order valence-corrected chi connectivity index (χ0v) is 24.2. The maximum atomic E-state index is 14.0. The van der Waals surface area contributed by atoms with Crippen LogP contribution in [0.1, 0.15) is 61.9 Å². The molecule has 43 heavy (non-hydrogen) atoms. The first-order valence-corrected chi connectivity index (χ1v) is 14.4. The Bertz CT molecular complexity index is 1810. The highest BCUT2D eigenvalue weighted by atomic mass is 16.2. The second-order valence-electron chi connectivity index (χ2n) is 11.0. The van der Waals surface area contributed by atoms with Gasteiger partial charge in [-0.25, -0.2) is 0 Å². The molecule has 2 aromatic heterocycles. The molecule has 5 aromatic rings. The number of amides is 2. The second-order valence-corrected chi connectivity index (χ2v) is 11.0. The number of hydrogen-bond donors (Lipinski definition) is 1. The van der Waals surface area contributed by atoms with E-state index in [1.165, 1.54) is 0 Å². The summed E-state index contributed by atoms with van der Waals surface area (Å²) in [4.78, 5) is 45.9. The first kappa shape index (κ1) is 27.8. The summed E-state index contributed by atoms with van der Waals surface area (Å²) in [5, 5.41) is 2.99. The van der Waals surface area contributed by atoms with Crippen LogP contribution in [0.25, 0.3) is 11.1 Å². The van der Waals surface area contributed by atoms with E-state index < -0.39 is 0 Å². The van der Waals surface area contributed by atoms with Crippen molar-refractivity contribution < 1.29 is 14.4 Å². The molecule has 0 aliphatic carbocycles. The van der Waals surface area contributed by atoms with Gasteiger partial charge in [0.1, 0.15) is 5.69 Å². The monoisotopic (exact) mass is 568 g/mol. The molecule has 0 radical (unpaired) electrons. The van der Waals surface area contributed by atoms with E-state index in [1.54, 1.807) is 17.3 Å². The number of ketones is 1. The lowest BCUT2D eigenvalue weighted by molar-refractivity contribution is 0.0933. The van der Waals surface area contributed by atoms with Gasteiger partial charge in [-0.1, -0.05) is 74.5 Å². The van der Waals surface area contributed by atoms with Gasteiger partial charge in [0.05, 0.1) is 13.1 Å². The molecule has 214 valence electrons. The number of para-hydroxylation sites is 1. The van der Waals surface area contributed by atoms with Crippen LogP contribution in [0.3, 0.4) is 0 Å². The summed E-state index contributed by atoms with van der Waals surface area (Å²) in [5.41, 5.74) is 7.05. The Kier molecular flexibility index (Phi) is 7.71. The number of nitrogens with zero attached hydrogens (tertiary/aromatic N) is 3. The van der Waals surface area contributed by atoms with Gasteiger partial charge in [0, 0.05) is 47.4 Å². The first-order chi connectivity index (χ1) is 20.9. The van der Waals surface area contributed by atoms with Crippen LogP contribution in [-0.2, 0) is 19.6 Å². The van der Waals surface area contributed by atoms with Gasteiger partial charge >= 0.3 is 0 Å². The topological polar surface area (TPSA) is 84.3 Å². The summed E-state index contributed by atoms with van der Waals surface area (Å²) in [6.45, 7) is 4.96. The zero-order valence-electron chi connectivity index (χ0n) is 24.2. The van der Waals surface area contributed by atoms with Gasteiger partial charge in [-0.15, -0.1) is 0 Å². The molecule has 0 fully saturated rings. The van der Waals surface area contributed by atoms with Crippen LogP contribution in [-0.4, -0.2) is 27.1 Å². The van der Waals surface area contributed by atoms with Gasteiger partial charge in [-0.05, 0) is 58.7 Å². The number of hydrogen-bond acceptors (Lipinski definition) is 4. The van der Waals surface area contributed by atoms with Crippen molar-refractivity contribution in [3.8, 4) is 11.1 Å². The Morgan fingerprint density at radius 1 is 0.837 bits per heavy atom. The molecule has 3 heterocycles. The second kappa shape index (κ2) is 11.9. The maximum Gasteiger partial charge on any atom is 0.268 e. The Hall–Kier alpha value is -5.30. The van der Waals surface area contributed by atoms with E-state index in [1.807, 2.05) is 115 Å². The van der Waals surface area contributed by atoms with E-state index in [0.717, 1.165) is 33.6 Å². The van der Waals surface area contributed by atoms with E-state index in [4.69, 9.17) is 0 Å². The van der Waals surface area contributed by atoms with Crippen LogP contribution < -0.4 is 10.2 Å². The molecule has 3 aromatic carbocycles. The van der Waals surface area contributed by atoms with Gasteiger partial charge in [-0.3, -0.25) is 19.4 Å². The molecule has 0 bridgehead atoms. The molecular weight excluding hydrogens is 536 g/mol. The predicted molar refractivity (Wildman–Crippen MR) is 167 cm³/mol. The molecule has 1 N–H and O–H groups in total. The van der Waals surface area contributed by atoms with Gasteiger partial charge in [0.2, 0.25) is 0 Å². The zero-order chi connectivity index (χ0) is 29.9. The van der Waals surface area contributed by atoms with Crippen molar-refractivity contribution in [2.24, 2.45) is 5.92 Å². The lowest BCUT2D eigenvalue weighted by Crippen LogP contribution is -2.30. The number of pyridine rings is 1. The summed E-state index contributed by atoms with van der Waals surface area (Å²) < 4.78 is 1.98. The third-order valence-corrected chi connectivity index (χ3v) is 7.82. The highest BCUT2D eigenvalue weighted by Crippen LogP contribution is 2.31. The number of carbonyl (C=O) groups excluding carboxylic acids is 3. The highest BCUT2D eigenvalue weighted by molar-refractivity contribution is 6.07. The average molecular weight is 569 g/mol. The van der Waals surface area contributed by atoms with Crippen LogP contribution in [0.2, 0.25) is 0 Å². The van der Waals surface area contributed by atoms with Crippen molar-refractivity contribution in [3.05, 3.63) is 143 Å². The van der Waals surface area contributed by atoms with Crippen molar-refractivity contribution in [1.82, 2.24) is 14.9 Å². The molecule has 0 unspecified atom stereocenters. The fourth-order valence-electron chi connectivity index (χ4n) is 5.52. The average Bonchev–Trinajstić information content (AvgIpc) is 3.36. The molecule has 6 rings (SSSR count). The maximum absolute atomic E-state index is 14.0. The van der Waals surface area contributed by atoms with E-state index in [-0.39, 0.29) is 23.5 Å². The molecule has 0 atom stereocenters. The molecule has 0 spiro atoms. The van der Waals surface area contributed by atoms with Crippen LogP contribution >= 0.6 is 0 Å². The normalized spacial score (nSPS) is 12.3. The number of nitrogens with one attached hydrogen (secondary N) is 1. The third-order valence-electron chi connectivity index (χ3n) is 7.82. The van der Waals surface area contributed by atoms with E-state index >= 15 is 0 Å². The summed E-state index contributed by atoms with van der Waals surface area (Å²) in [5.74, 6) is -0.344. The SMILES string of the molecule is CC(C)C(=O)c1ccccc1-c1ccc(C(=O)N2Cc3ccc(C(=O)NCc4cccnc4)n3Cc3ccccc32)cc1. The van der Waals surface area contributed by atoms with Crippen molar-refractivity contribution in [1.29, 1.82) is 0 Å². The molecule has 1 aliphatic heterocycles. The largest absolute Gasteiger partial charge is 0.347 e. The number of rotatable bonds is 7. The van der Waals surface area contributed by atoms with Gasteiger partial charge in [0.15, 0.2) is 5.78 Å². The minimum Gasteiger partial charge on any atom is -0.347 e. The van der Waals surface area contributed by atoms with Gasteiger partial charge in [-0.2, -0.15) is 0 Å². The van der Waals surface area contributed by atoms with Crippen molar-refractivity contribution in [2.45, 2.75) is 33.5 Å². The van der Waals surface area contributed by atoms with Crippen LogP contribution in [0.5, 0.6) is 0 Å². The molecule has 1 aliphatic rings. The lowest BCUT2D eigenvalue weighted by Gasteiger charge is -2.23. The van der Waals surface area contributed by atoms with E-state index in [0.29, 0.717) is 36.5 Å². The predicted octanol–water partition coefficient (Wildman–Crippen LogP) is 6.53. The Balaban J connectivity index is 1.28. The summed E-state index contributed by atoms with van der Waals surface area (Å²) in [6, 6.07) is 30.3. The van der Waals surface area contributed by atoms with Crippen LogP contribution in [0, 0.1) is 5.92 Å². The van der Waals surface area contributed by atoms with Crippen LogP contribution in [0.15, 0.2) is 109 Å². The summed E-state index contributed by atoms with van der Waals surface area (Å²) in [6.07, 6.45) is 3.43. The molecule has 0 saturated heterocycles. The third kappa shape index (κ3) is 5.62. The number of anilines is 1. The number of fused-ring (bicyclic) bond motifs is 2. The quantitative estimate of drug-likeness (QED) is 0.226. The summed E-state index contributed by atoms with van der Waals surface area (Å²) in [7, 11) is 0. The lowest BCUT2D eigenvalue weighted by atomic mass is 9.92. The highest BCUT2D eigenvalue weighted by Gasteiger charge is 2.27. The molecule has 2 amide bonds. The van der Waals surface area contributed by atoms with Crippen molar-refractivity contribution in [3.63, 3.8) is 0 Å². The fraction of sp³-hybridized carbons (Fsp3) is 0.167. The summed E-state index contributed by atoms with van der Waals surface area (Å²) >= 11 is 0. The Labute approximate surface area is 250 Å². The number of carbonyl (C=O) groups is 3. The van der Waals surface area contributed by atoms with Crippen molar-refractivity contribution >= 4 is 23.3 Å². The molecule has 0 saturated carbocycles. The molecular formula is C36H32N4O3. The number of Topliss-reactive ketones (excluding diaryl/α,β-unsaturated/α-hetero) is 1. The van der Waals surface area contributed by atoms with Crippen LogP contribution in [0.4, 0.5) is 5.69 Å². The smallest absolute Gasteiger partial charge is 0.268 e. The fourth-order valence-corrected chi connectivity index (χ4v) is 5.52. The standard InChI is InChI=1S/C36H32N4O3/c1-24(2)34(41)31-11-5-4-10-30(31)26-13-15-27(16-14-26)36(43)40-23-29-17-18-33(35(42)38-21-25-8-7-19-37-20-25)39(29)22-28-9-3-6-12-32(28)40/h3-20,24H,21-23H2,1-2H3,(H,38,42). The van der Waals surface area contributed by atoms with Gasteiger partial charge in [0.25, 0.3) is 11.8 Å². The Morgan fingerprint density at radius 2 is 1.60 bits per heavy atom. The van der Waals surface area contributed by atoms with E-state index in [9.17, 15) is 14.4 Å². The molecule has 7 heteroatoms. The molecule has 7 nitrogen and oxygen atoms in total. The Morgan fingerprint density at radius 3 is 2.37 bits per heavy atom. The van der Waals surface area contributed by atoms with Gasteiger partial charge < -0.3 is 14.8 Å². The first-order valence-electron chi connectivity index (χ1n) is 14.4. The minimum atomic E-state index is -0.181. The minimum absolute atomic E-state index is 0.0880. The number of benzene rings is 3. The van der Waals surface area contributed by atoms with E-state index in [2.05, 4.69) is 10.3 Å². The van der Waals surface area contributed by atoms with Crippen molar-refractivity contribution in [2.75, 3.05) is 4.90 Å². The number of aromatic nitrogens is 2.